The first-order valence-electron chi connectivity index (χ1n) is 13.5. The van der Waals surface area contributed by atoms with E-state index in [9.17, 15) is 14.7 Å². The van der Waals surface area contributed by atoms with Crippen molar-refractivity contribution in [3.63, 3.8) is 0 Å². The Bertz CT molecular complexity index is 1100. The quantitative estimate of drug-likeness (QED) is 0.164. The number of aliphatic hydroxyl groups is 1. The van der Waals surface area contributed by atoms with Gasteiger partial charge in [0.15, 0.2) is 11.5 Å². The zero-order valence-corrected chi connectivity index (χ0v) is 22.6. The van der Waals surface area contributed by atoms with Crippen LogP contribution in [0.25, 0.3) is 0 Å². The Labute approximate surface area is 221 Å². The third-order valence-corrected chi connectivity index (χ3v) is 7.02. The lowest BCUT2D eigenvalue weighted by molar-refractivity contribution is -0.133. The van der Waals surface area contributed by atoms with Gasteiger partial charge in [-0.1, -0.05) is 59.7 Å². The molecule has 0 unspecified atom stereocenters. The van der Waals surface area contributed by atoms with Crippen LogP contribution in [0.3, 0.4) is 0 Å². The van der Waals surface area contributed by atoms with Crippen LogP contribution in [0.5, 0.6) is 0 Å². The van der Waals surface area contributed by atoms with Crippen LogP contribution in [0.2, 0.25) is 0 Å². The fourth-order valence-electron chi connectivity index (χ4n) is 4.55. The number of amides is 1. The Balaban J connectivity index is 1.27. The number of unbranched alkanes of at least 4 members (excludes halogenated alkanes) is 2. The molecule has 1 aromatic carbocycles. The second kappa shape index (κ2) is 14.4. The Morgan fingerprint density at radius 2 is 1.70 bits per heavy atom. The fraction of sp³-hybridized carbons (Fsp3) is 0.438. The van der Waals surface area contributed by atoms with Gasteiger partial charge in [0.05, 0.1) is 5.57 Å². The number of ether oxygens (including phenoxy) is 1. The molecule has 0 saturated carbocycles. The molecule has 0 aliphatic carbocycles. The topological polar surface area (TPSA) is 66.8 Å². The van der Waals surface area contributed by atoms with Gasteiger partial charge in [-0.15, -0.1) is 0 Å². The Hall–Kier alpha value is -3.34. The molecule has 0 spiro atoms. The van der Waals surface area contributed by atoms with Gasteiger partial charge in [0.2, 0.25) is 5.91 Å². The highest BCUT2D eigenvalue weighted by molar-refractivity contribution is 5.95. The molecule has 198 valence electrons. The summed E-state index contributed by atoms with van der Waals surface area (Å²) in [6.45, 7) is 7.43. The molecule has 2 aliphatic rings. The highest BCUT2D eigenvalue weighted by Crippen LogP contribution is 2.24. The summed E-state index contributed by atoms with van der Waals surface area (Å²) in [6.07, 6.45) is 17.0. The lowest BCUT2D eigenvalue weighted by Gasteiger charge is -2.16. The van der Waals surface area contributed by atoms with E-state index in [2.05, 4.69) is 44.2 Å². The highest BCUT2D eigenvalue weighted by atomic mass is 16.6. The van der Waals surface area contributed by atoms with Crippen molar-refractivity contribution in [1.29, 1.82) is 0 Å². The number of allylic oxidation sites excluding steroid dienone is 5. The van der Waals surface area contributed by atoms with Crippen LogP contribution in [0.4, 0.5) is 0 Å². The molecule has 0 saturated heterocycles. The fourth-order valence-corrected chi connectivity index (χ4v) is 4.55. The summed E-state index contributed by atoms with van der Waals surface area (Å²) < 4.78 is 5.04. The van der Waals surface area contributed by atoms with E-state index < -0.39 is 5.97 Å². The van der Waals surface area contributed by atoms with E-state index in [0.29, 0.717) is 5.76 Å². The predicted octanol–water partition coefficient (Wildman–Crippen LogP) is 7.28. The van der Waals surface area contributed by atoms with Crippen LogP contribution in [-0.2, 0) is 20.7 Å². The summed E-state index contributed by atoms with van der Waals surface area (Å²) in [5.41, 5.74) is 5.27. The summed E-state index contributed by atoms with van der Waals surface area (Å²) in [5.74, 6) is 0.00408. The summed E-state index contributed by atoms with van der Waals surface area (Å²) in [6, 6.07) is 10.3. The highest BCUT2D eigenvalue weighted by Gasteiger charge is 2.25. The number of rotatable bonds is 14. The van der Waals surface area contributed by atoms with Gasteiger partial charge in [0.1, 0.15) is 0 Å². The molecule has 5 heteroatoms. The molecule has 0 aromatic heterocycles. The lowest BCUT2D eigenvalue weighted by Crippen LogP contribution is -2.29. The third-order valence-electron chi connectivity index (χ3n) is 7.02. The second-order valence-corrected chi connectivity index (χ2v) is 10.1. The molecular weight excluding hydrogens is 462 g/mol. The molecule has 1 amide bonds. The number of carbonyl (C=O) groups excluding carboxylic acids is 2. The molecular formula is C32H41NO4. The largest absolute Gasteiger partial charge is 0.504 e. The van der Waals surface area contributed by atoms with Crippen molar-refractivity contribution in [3.05, 3.63) is 94.0 Å². The van der Waals surface area contributed by atoms with Gasteiger partial charge >= 0.3 is 5.97 Å². The SMILES string of the molecule is CC1=C(O)/C(=C/CCCC/C(C)=C\CC/C(C)=C\CCC2=CCN(CCc3ccccc3)C2=O)OC1=O. The van der Waals surface area contributed by atoms with Gasteiger partial charge in [-0.2, -0.15) is 0 Å². The van der Waals surface area contributed by atoms with Crippen molar-refractivity contribution in [2.45, 2.75) is 78.6 Å². The first-order chi connectivity index (χ1) is 17.8. The Morgan fingerprint density at radius 3 is 2.43 bits per heavy atom. The number of esters is 1. The molecule has 0 radical (unpaired) electrons. The lowest BCUT2D eigenvalue weighted by atomic mass is 10.0. The van der Waals surface area contributed by atoms with Crippen molar-refractivity contribution in [2.24, 2.45) is 0 Å². The van der Waals surface area contributed by atoms with Gasteiger partial charge in [-0.05, 0) is 90.2 Å². The van der Waals surface area contributed by atoms with Crippen LogP contribution in [0, 0.1) is 0 Å². The van der Waals surface area contributed by atoms with Gasteiger partial charge in [0.25, 0.3) is 0 Å². The maximum atomic E-state index is 12.7. The summed E-state index contributed by atoms with van der Waals surface area (Å²) in [4.78, 5) is 26.0. The zero-order chi connectivity index (χ0) is 26.6. The van der Waals surface area contributed by atoms with Crippen molar-refractivity contribution >= 4 is 11.9 Å². The number of hydrogen-bond acceptors (Lipinski definition) is 4. The molecule has 0 bridgehead atoms. The first-order valence-corrected chi connectivity index (χ1v) is 13.5. The molecule has 5 nitrogen and oxygen atoms in total. The number of cyclic esters (lactones) is 1. The minimum atomic E-state index is -0.461. The standard InChI is InChI=1S/C32H41NO4/c1-24(12-6-4-9-19-29-30(34)26(3)32(36)37-29)13-10-14-25(2)15-11-18-28-21-23-33(31(28)35)22-20-27-16-7-5-8-17-27/h5,7-8,13,15-17,19,21,34H,4,6,9-12,14,18,20,22-23H2,1-3H3/b24-13-,25-15-,29-19-. The van der Waals surface area contributed by atoms with E-state index >= 15 is 0 Å². The third kappa shape index (κ3) is 8.92. The number of hydrogen-bond donors (Lipinski definition) is 1. The molecule has 1 aromatic rings. The van der Waals surface area contributed by atoms with Gasteiger partial charge in [-0.3, -0.25) is 4.79 Å². The van der Waals surface area contributed by atoms with Crippen LogP contribution in [0.1, 0.15) is 77.7 Å². The summed E-state index contributed by atoms with van der Waals surface area (Å²) >= 11 is 0. The molecule has 0 fully saturated rings. The van der Waals surface area contributed by atoms with E-state index in [0.717, 1.165) is 76.5 Å². The van der Waals surface area contributed by atoms with Crippen LogP contribution >= 0.6 is 0 Å². The molecule has 1 N–H and O–H groups in total. The number of aliphatic hydroxyl groups excluding tert-OH is 1. The van der Waals surface area contributed by atoms with E-state index in [1.165, 1.54) is 16.7 Å². The Morgan fingerprint density at radius 1 is 0.973 bits per heavy atom. The molecule has 2 heterocycles. The predicted molar refractivity (Wildman–Crippen MR) is 149 cm³/mol. The van der Waals surface area contributed by atoms with Gasteiger partial charge < -0.3 is 14.7 Å². The molecule has 2 aliphatic heterocycles. The van der Waals surface area contributed by atoms with E-state index in [4.69, 9.17) is 4.74 Å². The van der Waals surface area contributed by atoms with Crippen molar-refractivity contribution < 1.29 is 19.4 Å². The molecule has 0 atom stereocenters. The minimum Gasteiger partial charge on any atom is -0.504 e. The molecule has 3 rings (SSSR count). The zero-order valence-electron chi connectivity index (χ0n) is 22.6. The van der Waals surface area contributed by atoms with Crippen LogP contribution in [-0.4, -0.2) is 35.0 Å². The summed E-state index contributed by atoms with van der Waals surface area (Å²) in [7, 11) is 0. The monoisotopic (exact) mass is 503 g/mol. The maximum absolute atomic E-state index is 12.7. The number of benzene rings is 1. The first kappa shape index (κ1) is 28.2. The van der Waals surface area contributed by atoms with Crippen molar-refractivity contribution in [2.75, 3.05) is 13.1 Å². The van der Waals surface area contributed by atoms with Crippen molar-refractivity contribution in [3.8, 4) is 0 Å². The van der Waals surface area contributed by atoms with Crippen LogP contribution < -0.4 is 0 Å². The van der Waals surface area contributed by atoms with Crippen LogP contribution in [0.15, 0.2) is 88.4 Å². The minimum absolute atomic E-state index is 0.0307. The smallest absolute Gasteiger partial charge is 0.343 e. The van der Waals surface area contributed by atoms with Gasteiger partial charge in [0, 0.05) is 18.7 Å². The summed E-state index contributed by atoms with van der Waals surface area (Å²) in [5, 5.41) is 9.83. The average Bonchev–Trinajstić information content (AvgIpc) is 3.36. The second-order valence-electron chi connectivity index (χ2n) is 10.1. The average molecular weight is 504 g/mol. The molecule has 37 heavy (non-hydrogen) atoms. The number of carbonyl (C=O) groups is 2. The van der Waals surface area contributed by atoms with Gasteiger partial charge in [-0.25, -0.2) is 4.79 Å². The maximum Gasteiger partial charge on any atom is 0.343 e. The normalized spacial score (nSPS) is 17.8. The van der Waals surface area contributed by atoms with Crippen molar-refractivity contribution in [1.82, 2.24) is 4.90 Å². The van der Waals surface area contributed by atoms with E-state index in [-0.39, 0.29) is 17.2 Å². The van der Waals surface area contributed by atoms with E-state index in [1.807, 2.05) is 23.1 Å². The number of nitrogens with zero attached hydrogens (tertiary/aromatic N) is 1. The van der Waals surface area contributed by atoms with E-state index in [1.54, 1.807) is 13.0 Å². The Kier molecular flexibility index (Phi) is 11.0.